The highest BCUT2D eigenvalue weighted by molar-refractivity contribution is 5.73. The standard InChI is InChI=1S/C14H18O2/c1-16-14(15)8-13-10-4-2-3-9-5-6-11(13)12(9)7-10/h2-3,9-10,12H,4-8H2,1H3/t9-,10+,12-/m1/s1. The van der Waals surface area contributed by atoms with Crippen molar-refractivity contribution in [3.05, 3.63) is 23.3 Å². The predicted octanol–water partition coefficient (Wildman–Crippen LogP) is 2.85. The number of carbonyl (C=O) groups is 1. The zero-order valence-electron chi connectivity index (χ0n) is 9.74. The van der Waals surface area contributed by atoms with Crippen LogP contribution in [0.25, 0.3) is 0 Å². The SMILES string of the molecule is COC(=O)CC1=C2CC[C@H]3C=CC[C@H]1C[C@@H]23. The molecule has 2 nitrogen and oxygen atoms in total. The lowest BCUT2D eigenvalue weighted by Gasteiger charge is -2.12. The van der Waals surface area contributed by atoms with Crippen molar-refractivity contribution >= 4 is 5.97 Å². The second kappa shape index (κ2) is 3.76. The molecule has 0 unspecified atom stereocenters. The summed E-state index contributed by atoms with van der Waals surface area (Å²) in [6.45, 7) is 0. The zero-order chi connectivity index (χ0) is 11.1. The summed E-state index contributed by atoms with van der Waals surface area (Å²) < 4.78 is 4.81. The van der Waals surface area contributed by atoms with E-state index in [4.69, 9.17) is 4.74 Å². The molecule has 0 spiro atoms. The van der Waals surface area contributed by atoms with Gasteiger partial charge in [0.15, 0.2) is 0 Å². The maximum atomic E-state index is 11.4. The Hall–Kier alpha value is -1.05. The van der Waals surface area contributed by atoms with Crippen molar-refractivity contribution in [3.63, 3.8) is 0 Å². The first-order chi connectivity index (χ1) is 7.79. The third-order valence-electron chi connectivity index (χ3n) is 4.52. The first kappa shape index (κ1) is 10.1. The first-order valence-corrected chi connectivity index (χ1v) is 6.25. The average molecular weight is 218 g/mol. The number of hydrogen-bond acceptors (Lipinski definition) is 2. The van der Waals surface area contributed by atoms with Crippen LogP contribution < -0.4 is 0 Å². The molecular weight excluding hydrogens is 200 g/mol. The van der Waals surface area contributed by atoms with E-state index in [-0.39, 0.29) is 5.97 Å². The normalized spacial score (nSPS) is 35.4. The average Bonchev–Trinajstić information content (AvgIpc) is 2.76. The van der Waals surface area contributed by atoms with Gasteiger partial charge in [-0.15, -0.1) is 0 Å². The van der Waals surface area contributed by atoms with E-state index in [1.807, 2.05) is 0 Å². The summed E-state index contributed by atoms with van der Waals surface area (Å²) in [5.74, 6) is 2.07. The highest BCUT2D eigenvalue weighted by atomic mass is 16.5. The molecule has 0 amide bonds. The van der Waals surface area contributed by atoms with Crippen molar-refractivity contribution < 1.29 is 9.53 Å². The minimum atomic E-state index is -0.0684. The second-order valence-corrected chi connectivity index (χ2v) is 5.21. The number of ether oxygens (including phenoxy) is 1. The Balaban J connectivity index is 1.90. The largest absolute Gasteiger partial charge is 0.469 e. The number of esters is 1. The minimum Gasteiger partial charge on any atom is -0.469 e. The molecule has 0 aliphatic heterocycles. The molecule has 86 valence electrons. The number of carbonyl (C=O) groups excluding carboxylic acids is 1. The van der Waals surface area contributed by atoms with Crippen molar-refractivity contribution in [2.75, 3.05) is 7.11 Å². The molecule has 0 radical (unpaired) electrons. The van der Waals surface area contributed by atoms with Crippen LogP contribution >= 0.6 is 0 Å². The van der Waals surface area contributed by atoms with Crippen LogP contribution in [-0.4, -0.2) is 13.1 Å². The predicted molar refractivity (Wildman–Crippen MR) is 61.7 cm³/mol. The van der Waals surface area contributed by atoms with E-state index in [2.05, 4.69) is 12.2 Å². The minimum absolute atomic E-state index is 0.0684. The highest BCUT2D eigenvalue weighted by Crippen LogP contribution is 2.53. The molecule has 1 fully saturated rings. The second-order valence-electron chi connectivity index (χ2n) is 5.21. The molecule has 0 aromatic rings. The molecule has 0 saturated heterocycles. The van der Waals surface area contributed by atoms with Gasteiger partial charge >= 0.3 is 5.97 Å². The maximum Gasteiger partial charge on any atom is 0.309 e. The monoisotopic (exact) mass is 218 g/mol. The lowest BCUT2D eigenvalue weighted by atomic mass is 9.93. The summed E-state index contributed by atoms with van der Waals surface area (Å²) in [4.78, 5) is 11.4. The summed E-state index contributed by atoms with van der Waals surface area (Å²) in [5, 5.41) is 0. The Morgan fingerprint density at radius 3 is 3.25 bits per heavy atom. The quantitative estimate of drug-likeness (QED) is 0.526. The van der Waals surface area contributed by atoms with E-state index in [1.165, 1.54) is 31.9 Å². The molecule has 3 aliphatic rings. The van der Waals surface area contributed by atoms with E-state index >= 15 is 0 Å². The van der Waals surface area contributed by atoms with Crippen LogP contribution in [0.3, 0.4) is 0 Å². The lowest BCUT2D eigenvalue weighted by molar-refractivity contribution is -0.139. The number of methoxy groups -OCH3 is 1. The Labute approximate surface area is 96.4 Å². The van der Waals surface area contributed by atoms with Crippen LogP contribution in [0.15, 0.2) is 23.3 Å². The molecule has 0 heterocycles. The molecule has 16 heavy (non-hydrogen) atoms. The smallest absolute Gasteiger partial charge is 0.309 e. The van der Waals surface area contributed by atoms with Crippen molar-refractivity contribution in [2.24, 2.45) is 17.8 Å². The van der Waals surface area contributed by atoms with E-state index in [0.717, 1.165) is 18.3 Å². The maximum absolute atomic E-state index is 11.4. The molecular formula is C14H18O2. The van der Waals surface area contributed by atoms with E-state index in [0.29, 0.717) is 12.3 Å². The number of allylic oxidation sites excluding steroid dienone is 3. The van der Waals surface area contributed by atoms with E-state index < -0.39 is 0 Å². The Kier molecular flexibility index (Phi) is 2.38. The van der Waals surface area contributed by atoms with Crippen LogP contribution in [0.5, 0.6) is 0 Å². The zero-order valence-corrected chi connectivity index (χ0v) is 9.74. The molecule has 3 aliphatic carbocycles. The number of hydrogen-bond donors (Lipinski definition) is 0. The van der Waals surface area contributed by atoms with Gasteiger partial charge in [0, 0.05) is 0 Å². The molecule has 3 rings (SSSR count). The van der Waals surface area contributed by atoms with Gasteiger partial charge in [0.2, 0.25) is 0 Å². The third kappa shape index (κ3) is 1.43. The topological polar surface area (TPSA) is 26.3 Å². The fraction of sp³-hybridized carbons (Fsp3) is 0.643. The third-order valence-corrected chi connectivity index (χ3v) is 4.52. The summed E-state index contributed by atoms with van der Waals surface area (Å²) in [6, 6.07) is 0. The lowest BCUT2D eigenvalue weighted by Crippen LogP contribution is -2.07. The van der Waals surface area contributed by atoms with Gasteiger partial charge < -0.3 is 4.74 Å². The summed E-state index contributed by atoms with van der Waals surface area (Å²) in [6.07, 6.45) is 10.2. The summed E-state index contributed by atoms with van der Waals surface area (Å²) in [7, 11) is 1.48. The van der Waals surface area contributed by atoms with Gasteiger partial charge in [-0.25, -0.2) is 0 Å². The number of fused-ring (bicyclic) bond motifs is 1. The van der Waals surface area contributed by atoms with Crippen LogP contribution in [0.4, 0.5) is 0 Å². The molecule has 0 aromatic heterocycles. The van der Waals surface area contributed by atoms with Gasteiger partial charge in [-0.2, -0.15) is 0 Å². The van der Waals surface area contributed by atoms with Crippen molar-refractivity contribution in [1.29, 1.82) is 0 Å². The first-order valence-electron chi connectivity index (χ1n) is 6.25. The molecule has 2 heteroatoms. The van der Waals surface area contributed by atoms with Crippen LogP contribution in [-0.2, 0) is 9.53 Å². The molecule has 2 bridgehead atoms. The Bertz CT molecular complexity index is 378. The van der Waals surface area contributed by atoms with Gasteiger partial charge in [0.1, 0.15) is 0 Å². The van der Waals surface area contributed by atoms with Gasteiger partial charge in [-0.3, -0.25) is 4.79 Å². The fourth-order valence-electron chi connectivity index (χ4n) is 3.77. The fourth-order valence-corrected chi connectivity index (χ4v) is 3.77. The van der Waals surface area contributed by atoms with Crippen LogP contribution in [0.2, 0.25) is 0 Å². The van der Waals surface area contributed by atoms with Gasteiger partial charge in [-0.05, 0) is 43.4 Å². The molecule has 3 atom stereocenters. The number of rotatable bonds is 2. The van der Waals surface area contributed by atoms with Gasteiger partial charge in [-0.1, -0.05) is 23.3 Å². The summed E-state index contributed by atoms with van der Waals surface area (Å²) >= 11 is 0. The van der Waals surface area contributed by atoms with Crippen molar-refractivity contribution in [1.82, 2.24) is 0 Å². The highest BCUT2D eigenvalue weighted by Gasteiger charge is 2.42. The molecule has 0 N–H and O–H groups in total. The molecule has 0 aromatic carbocycles. The molecule has 1 saturated carbocycles. The van der Waals surface area contributed by atoms with Crippen molar-refractivity contribution in [3.8, 4) is 0 Å². The van der Waals surface area contributed by atoms with Crippen molar-refractivity contribution in [2.45, 2.75) is 32.1 Å². The van der Waals surface area contributed by atoms with Gasteiger partial charge in [0.25, 0.3) is 0 Å². The van der Waals surface area contributed by atoms with Crippen LogP contribution in [0, 0.1) is 17.8 Å². The summed E-state index contributed by atoms with van der Waals surface area (Å²) in [5.41, 5.74) is 3.02. The van der Waals surface area contributed by atoms with Gasteiger partial charge in [0.05, 0.1) is 13.5 Å². The Morgan fingerprint density at radius 1 is 1.56 bits per heavy atom. The van der Waals surface area contributed by atoms with Crippen LogP contribution in [0.1, 0.15) is 32.1 Å². The van der Waals surface area contributed by atoms with E-state index in [1.54, 1.807) is 5.57 Å². The Morgan fingerprint density at radius 2 is 2.44 bits per heavy atom. The van der Waals surface area contributed by atoms with E-state index in [9.17, 15) is 4.79 Å².